The Hall–Kier alpha value is 0.563. The van der Waals surface area contributed by atoms with E-state index in [2.05, 4.69) is 14.7 Å². The first-order valence-electron chi connectivity index (χ1n) is 10.5. The van der Waals surface area contributed by atoms with Crippen molar-refractivity contribution in [2.75, 3.05) is 105 Å². The van der Waals surface area contributed by atoms with E-state index in [1.807, 2.05) is 0 Å². The second kappa shape index (κ2) is 24.9. The molecule has 1 heterocycles. The summed E-state index contributed by atoms with van der Waals surface area (Å²) in [7, 11) is -9.89. The van der Waals surface area contributed by atoms with Gasteiger partial charge in [0.25, 0.3) is 0 Å². The normalized spacial score (nSPS) is 18.6. The fourth-order valence-electron chi connectivity index (χ4n) is 2.83. The molecule has 0 amide bonds. The molecule has 1 aliphatic rings. The molecule has 35 heavy (non-hydrogen) atoms. The molecule has 0 radical (unpaired) electrons. The molecule has 19 heteroatoms. The summed E-state index contributed by atoms with van der Waals surface area (Å²) in [5.74, 6) is 0. The van der Waals surface area contributed by atoms with Crippen LogP contribution in [-0.4, -0.2) is 120 Å². The Balaban J connectivity index is -0.000000784. The van der Waals surface area contributed by atoms with E-state index < -0.39 is 20.5 Å². The van der Waals surface area contributed by atoms with Crippen LogP contribution in [0.4, 0.5) is 0 Å². The molecule has 1 aliphatic heterocycles. The third-order valence-corrected chi connectivity index (χ3v) is 4.28. The second-order valence-electron chi connectivity index (χ2n) is 6.87. The van der Waals surface area contributed by atoms with Crippen molar-refractivity contribution in [3.05, 3.63) is 0 Å². The summed E-state index contributed by atoms with van der Waals surface area (Å²) in [6.07, 6.45) is 0. The number of ether oxygens (including phenoxy) is 2. The van der Waals surface area contributed by atoms with Crippen LogP contribution in [0.3, 0.4) is 0 Å². The molecule has 0 aromatic heterocycles. The first-order valence-corrected chi connectivity index (χ1v) is 12.9. The van der Waals surface area contributed by atoms with Crippen LogP contribution in [0.1, 0.15) is 0 Å². The zero-order valence-electron chi connectivity index (χ0n) is 19.9. The van der Waals surface area contributed by atoms with Gasteiger partial charge >= 0.3 is 19.5 Å². The Morgan fingerprint density at radius 3 is 0.943 bits per heavy atom. The van der Waals surface area contributed by atoms with Gasteiger partial charge in [-0.2, -0.15) is 0 Å². The third kappa shape index (κ3) is 39.2. The first-order chi connectivity index (χ1) is 15.8. The maximum absolute atomic E-state index is 8.49. The molecule has 0 atom stereocenters. The van der Waals surface area contributed by atoms with Crippen LogP contribution in [-0.2, 0) is 29.0 Å². The Labute approximate surface area is 223 Å². The standard InChI is InChI=1S/C16H38N6O2.2ClHO4.Zn/c17-1-4-20-7-9-21(5-2-18)11-13-23-15-16-24-14-12-22(6-3-19)10-8-20;2*2-1(3,4)5;/h1-19H2;2*(H,2,3,4,5);/q;;;+2/p-2. The number of rotatable bonds is 6. The van der Waals surface area contributed by atoms with Gasteiger partial charge in [-0.05, 0) is 0 Å². The van der Waals surface area contributed by atoms with Gasteiger partial charge in [-0.1, -0.05) is 0 Å². The number of hydrogen-bond donors (Lipinski definition) is 3. The Morgan fingerprint density at radius 2 is 0.714 bits per heavy atom. The largest absolute Gasteiger partial charge is 2.00 e. The van der Waals surface area contributed by atoms with Crippen molar-refractivity contribution in [3.8, 4) is 0 Å². The predicted molar refractivity (Wildman–Crippen MR) is 98.1 cm³/mol. The fourth-order valence-corrected chi connectivity index (χ4v) is 2.83. The first kappa shape index (κ1) is 40.1. The van der Waals surface area contributed by atoms with Crippen LogP contribution < -0.4 is 54.5 Å². The molecule has 16 nitrogen and oxygen atoms in total. The van der Waals surface area contributed by atoms with E-state index in [9.17, 15) is 0 Å². The van der Waals surface area contributed by atoms with Crippen molar-refractivity contribution in [2.45, 2.75) is 0 Å². The Morgan fingerprint density at radius 1 is 0.486 bits per heavy atom. The van der Waals surface area contributed by atoms with Crippen molar-refractivity contribution in [1.82, 2.24) is 14.7 Å². The summed E-state index contributed by atoms with van der Waals surface area (Å²) < 4.78 is 79.3. The van der Waals surface area contributed by atoms with Gasteiger partial charge in [0.15, 0.2) is 0 Å². The van der Waals surface area contributed by atoms with Gasteiger partial charge < -0.3 is 26.7 Å². The quantitative estimate of drug-likeness (QED) is 0.235. The smallest absolute Gasteiger partial charge is 0.378 e. The van der Waals surface area contributed by atoms with Gasteiger partial charge in [0.2, 0.25) is 0 Å². The molecule has 0 unspecified atom stereocenters. The van der Waals surface area contributed by atoms with Crippen LogP contribution in [0.15, 0.2) is 0 Å². The fraction of sp³-hybridized carbons (Fsp3) is 1.00. The van der Waals surface area contributed by atoms with Crippen molar-refractivity contribution in [1.29, 1.82) is 0 Å². The molecule has 0 saturated carbocycles. The van der Waals surface area contributed by atoms with E-state index in [0.717, 1.165) is 72.1 Å². The summed E-state index contributed by atoms with van der Waals surface area (Å²) in [5, 5.41) is 0. The van der Waals surface area contributed by atoms with Crippen LogP contribution in [0.2, 0.25) is 0 Å². The minimum atomic E-state index is -4.94. The van der Waals surface area contributed by atoms with E-state index in [-0.39, 0.29) is 19.5 Å². The van der Waals surface area contributed by atoms with E-state index >= 15 is 0 Å². The van der Waals surface area contributed by atoms with Gasteiger partial charge in [-0.25, -0.2) is 37.3 Å². The molecular formula is C16H38Cl2N6O10Zn. The van der Waals surface area contributed by atoms with E-state index in [1.165, 1.54) is 0 Å². The van der Waals surface area contributed by atoms with Gasteiger partial charge in [0, 0.05) is 78.5 Å². The van der Waals surface area contributed by atoms with Gasteiger partial charge in [0.05, 0.1) is 26.4 Å². The molecule has 0 bridgehead atoms. The van der Waals surface area contributed by atoms with Crippen molar-refractivity contribution >= 4 is 0 Å². The van der Waals surface area contributed by atoms with Gasteiger partial charge in [-0.3, -0.25) is 14.7 Å². The second-order valence-corrected chi connectivity index (χ2v) is 8.38. The van der Waals surface area contributed by atoms with E-state index in [4.69, 9.17) is 63.9 Å². The van der Waals surface area contributed by atoms with Crippen LogP contribution in [0, 0.1) is 20.5 Å². The number of hydrogen-bond acceptors (Lipinski definition) is 16. The van der Waals surface area contributed by atoms with Crippen LogP contribution >= 0.6 is 0 Å². The van der Waals surface area contributed by atoms with Crippen molar-refractivity contribution in [3.63, 3.8) is 0 Å². The van der Waals surface area contributed by atoms with Crippen LogP contribution in [0.25, 0.3) is 0 Å². The van der Waals surface area contributed by atoms with Gasteiger partial charge in [-0.15, -0.1) is 20.5 Å². The average Bonchev–Trinajstić information content (AvgIpc) is 2.69. The average molecular weight is 611 g/mol. The molecule has 0 aliphatic carbocycles. The summed E-state index contributed by atoms with van der Waals surface area (Å²) in [4.78, 5) is 7.15. The topological polar surface area (TPSA) is 291 Å². The van der Waals surface area contributed by atoms with Crippen molar-refractivity contribution in [2.24, 2.45) is 17.2 Å². The molecule has 208 valence electrons. The Bertz CT molecular complexity index is 410. The molecule has 1 fully saturated rings. The summed E-state index contributed by atoms with van der Waals surface area (Å²) in [6, 6.07) is 0. The van der Waals surface area contributed by atoms with E-state index in [0.29, 0.717) is 32.8 Å². The summed E-state index contributed by atoms with van der Waals surface area (Å²) in [6.45, 7) is 13.3. The molecule has 6 N–H and O–H groups in total. The zero-order chi connectivity index (χ0) is 26.5. The minimum Gasteiger partial charge on any atom is -0.378 e. The molecule has 1 saturated heterocycles. The third-order valence-electron chi connectivity index (χ3n) is 4.28. The maximum Gasteiger partial charge on any atom is 2.00 e. The maximum atomic E-state index is 8.49. The SMILES string of the molecule is NCCN1CCOCCOCCN(CCN)CCN(CCN)CC1.[O-][Cl+3]([O-])([O-])[O-].[O-][Cl+3]([O-])([O-])[O-].[Zn+2]. The van der Waals surface area contributed by atoms with Gasteiger partial charge in [0.1, 0.15) is 0 Å². The molecule has 0 spiro atoms. The number of halogens is 2. The Kier molecular flexibility index (Phi) is 28.5. The zero-order valence-corrected chi connectivity index (χ0v) is 24.4. The number of nitrogens with two attached hydrogens (primary N) is 3. The van der Waals surface area contributed by atoms with Crippen LogP contribution in [0.5, 0.6) is 0 Å². The molecule has 0 aromatic rings. The summed E-state index contributed by atoms with van der Waals surface area (Å²) >= 11 is 0. The predicted octanol–water partition coefficient (Wildman–Crippen LogP) is -11.7. The van der Waals surface area contributed by atoms with E-state index in [1.54, 1.807) is 0 Å². The molecule has 0 aromatic carbocycles. The molecular weight excluding hydrogens is 573 g/mol. The van der Waals surface area contributed by atoms with Crippen molar-refractivity contribution < 1.29 is 86.7 Å². The molecule has 1 rings (SSSR count). The number of nitrogens with zero attached hydrogens (tertiary/aromatic N) is 3. The summed E-state index contributed by atoms with van der Waals surface area (Å²) in [5.41, 5.74) is 17.2. The minimum absolute atomic E-state index is 0. The monoisotopic (exact) mass is 608 g/mol.